The monoisotopic (exact) mass is 380 g/mol. The van der Waals surface area contributed by atoms with Gasteiger partial charge < -0.3 is 10.4 Å². The number of aromatic nitrogens is 1. The third kappa shape index (κ3) is 4.31. The zero-order chi connectivity index (χ0) is 16.9. The molecule has 1 amide bonds. The Bertz CT molecular complexity index is 724. The van der Waals surface area contributed by atoms with Crippen molar-refractivity contribution < 1.29 is 14.7 Å². The van der Waals surface area contributed by atoms with E-state index in [-0.39, 0.29) is 11.6 Å². The van der Waals surface area contributed by atoms with Crippen molar-refractivity contribution in [3.05, 3.63) is 51.5 Å². The number of nitrogens with zero attached hydrogens (tertiary/aromatic N) is 1. The Balaban J connectivity index is 1.50. The number of carbonyl (C=O) groups is 2. The van der Waals surface area contributed by atoms with E-state index in [2.05, 4.69) is 10.3 Å². The largest absolute Gasteiger partial charge is 0.476 e. The van der Waals surface area contributed by atoms with Crippen LogP contribution in [0.3, 0.4) is 0 Å². The Kier molecular flexibility index (Phi) is 5.80. The van der Waals surface area contributed by atoms with Gasteiger partial charge in [0.1, 0.15) is 0 Å². The minimum atomic E-state index is -1.03. The predicted octanol–water partition coefficient (Wildman–Crippen LogP) is 3.29. The van der Waals surface area contributed by atoms with E-state index in [1.165, 1.54) is 33.8 Å². The van der Waals surface area contributed by atoms with Crippen LogP contribution in [0.4, 0.5) is 0 Å². The number of carboxylic acids is 1. The molecule has 2 aromatic rings. The maximum atomic E-state index is 12.1. The lowest BCUT2D eigenvalue weighted by Gasteiger charge is -2.09. The summed E-state index contributed by atoms with van der Waals surface area (Å²) in [5.41, 5.74) is 1.94. The molecule has 0 atom stereocenters. The fourth-order valence-electron chi connectivity index (χ4n) is 2.25. The number of carboxylic acid groups (broad SMARTS) is 1. The summed E-state index contributed by atoms with van der Waals surface area (Å²) in [6.07, 6.45) is 0.525. The van der Waals surface area contributed by atoms with Crippen molar-refractivity contribution in [2.45, 2.75) is 11.0 Å². The Morgan fingerprint density at radius 2 is 1.92 bits per heavy atom. The minimum Gasteiger partial charge on any atom is -0.476 e. The van der Waals surface area contributed by atoms with E-state index < -0.39 is 5.97 Å². The SMILES string of the molecule is O=C(NCCc1nc(C(=O)O)cs1)c1ccc(C2SCCS2)cc1. The highest BCUT2D eigenvalue weighted by Crippen LogP contribution is 2.45. The number of thiazole rings is 1. The smallest absolute Gasteiger partial charge is 0.355 e. The van der Waals surface area contributed by atoms with Crippen molar-refractivity contribution in [2.24, 2.45) is 0 Å². The summed E-state index contributed by atoms with van der Waals surface area (Å²) in [6, 6.07) is 7.75. The van der Waals surface area contributed by atoms with Crippen LogP contribution >= 0.6 is 34.9 Å². The lowest BCUT2D eigenvalue weighted by Crippen LogP contribution is -2.25. The van der Waals surface area contributed by atoms with Gasteiger partial charge in [0.2, 0.25) is 0 Å². The van der Waals surface area contributed by atoms with Gasteiger partial charge >= 0.3 is 5.97 Å². The van der Waals surface area contributed by atoms with Gasteiger partial charge in [0, 0.05) is 35.4 Å². The van der Waals surface area contributed by atoms with Gasteiger partial charge in [-0.1, -0.05) is 12.1 Å². The lowest BCUT2D eigenvalue weighted by molar-refractivity contribution is 0.0690. The molecule has 0 radical (unpaired) electrons. The molecule has 1 aliphatic rings. The molecule has 0 bridgehead atoms. The average molecular weight is 381 g/mol. The topological polar surface area (TPSA) is 79.3 Å². The summed E-state index contributed by atoms with van der Waals surface area (Å²) in [4.78, 5) is 26.9. The molecule has 1 aliphatic heterocycles. The van der Waals surface area contributed by atoms with Crippen LogP contribution in [-0.2, 0) is 6.42 Å². The number of rotatable bonds is 6. The van der Waals surface area contributed by atoms with E-state index in [1.54, 1.807) is 0 Å². The number of hydrogen-bond donors (Lipinski definition) is 2. The second-order valence-corrected chi connectivity index (χ2v) is 8.80. The number of benzene rings is 1. The van der Waals surface area contributed by atoms with Crippen molar-refractivity contribution in [3.8, 4) is 0 Å². The highest BCUT2D eigenvalue weighted by atomic mass is 32.2. The second-order valence-electron chi connectivity index (χ2n) is 5.13. The summed E-state index contributed by atoms with van der Waals surface area (Å²) < 4.78 is 0.482. The van der Waals surface area contributed by atoms with Gasteiger partial charge in [-0.2, -0.15) is 0 Å². The first-order valence-corrected chi connectivity index (χ1v) is 10.4. The van der Waals surface area contributed by atoms with Gasteiger partial charge in [-0.15, -0.1) is 34.9 Å². The predicted molar refractivity (Wildman–Crippen MR) is 99.2 cm³/mol. The number of hydrogen-bond acceptors (Lipinski definition) is 6. The van der Waals surface area contributed by atoms with E-state index in [0.29, 0.717) is 28.1 Å². The molecular weight excluding hydrogens is 364 g/mol. The van der Waals surface area contributed by atoms with Crippen LogP contribution < -0.4 is 5.32 Å². The van der Waals surface area contributed by atoms with E-state index >= 15 is 0 Å². The Morgan fingerprint density at radius 1 is 1.21 bits per heavy atom. The average Bonchev–Trinajstić information content (AvgIpc) is 3.27. The number of aromatic carboxylic acids is 1. The van der Waals surface area contributed by atoms with Crippen LogP contribution in [0.2, 0.25) is 0 Å². The van der Waals surface area contributed by atoms with Gasteiger partial charge in [-0.25, -0.2) is 9.78 Å². The molecule has 0 aliphatic carbocycles. The molecule has 24 heavy (non-hydrogen) atoms. The quantitative estimate of drug-likeness (QED) is 0.801. The fraction of sp³-hybridized carbons (Fsp3) is 0.312. The molecule has 3 rings (SSSR count). The molecular formula is C16H16N2O3S3. The lowest BCUT2D eigenvalue weighted by atomic mass is 10.1. The third-order valence-corrected chi connectivity index (χ3v) is 7.48. The van der Waals surface area contributed by atoms with Crippen LogP contribution in [0.25, 0.3) is 0 Å². The molecule has 126 valence electrons. The Morgan fingerprint density at radius 3 is 2.54 bits per heavy atom. The molecule has 0 saturated carbocycles. The van der Waals surface area contributed by atoms with Crippen LogP contribution in [0, 0.1) is 0 Å². The fourth-order valence-corrected chi connectivity index (χ4v) is 5.88. The number of nitrogens with one attached hydrogen (secondary N) is 1. The van der Waals surface area contributed by atoms with E-state index in [1.807, 2.05) is 47.8 Å². The first-order valence-electron chi connectivity index (χ1n) is 7.42. The highest BCUT2D eigenvalue weighted by molar-refractivity contribution is 8.19. The molecule has 0 unspecified atom stereocenters. The van der Waals surface area contributed by atoms with Crippen LogP contribution in [0.5, 0.6) is 0 Å². The summed E-state index contributed by atoms with van der Waals surface area (Å²) in [5.74, 6) is 1.21. The zero-order valence-electron chi connectivity index (χ0n) is 12.7. The molecule has 1 aromatic carbocycles. The van der Waals surface area contributed by atoms with Gasteiger partial charge in [0.05, 0.1) is 9.59 Å². The molecule has 2 heterocycles. The van der Waals surface area contributed by atoms with Gasteiger partial charge in [0.25, 0.3) is 5.91 Å². The molecule has 0 spiro atoms. The van der Waals surface area contributed by atoms with Crippen molar-refractivity contribution in [2.75, 3.05) is 18.1 Å². The first kappa shape index (κ1) is 17.3. The number of carbonyl (C=O) groups excluding carboxylic acids is 1. The Hall–Kier alpha value is -1.51. The summed E-state index contributed by atoms with van der Waals surface area (Å²) in [7, 11) is 0. The summed E-state index contributed by atoms with van der Waals surface area (Å²) >= 11 is 5.17. The first-order chi connectivity index (χ1) is 11.6. The highest BCUT2D eigenvalue weighted by Gasteiger charge is 2.18. The van der Waals surface area contributed by atoms with E-state index in [9.17, 15) is 9.59 Å². The maximum Gasteiger partial charge on any atom is 0.355 e. The van der Waals surface area contributed by atoms with E-state index in [0.717, 1.165) is 0 Å². The number of amides is 1. The van der Waals surface area contributed by atoms with Crippen molar-refractivity contribution in [1.82, 2.24) is 10.3 Å². The molecule has 8 heteroatoms. The molecule has 2 N–H and O–H groups in total. The van der Waals surface area contributed by atoms with Crippen LogP contribution in [0.15, 0.2) is 29.6 Å². The summed E-state index contributed by atoms with van der Waals surface area (Å²) in [5, 5.41) is 13.9. The normalized spacial score (nSPS) is 14.7. The van der Waals surface area contributed by atoms with Crippen LogP contribution in [-0.4, -0.2) is 40.0 Å². The molecule has 1 saturated heterocycles. The van der Waals surface area contributed by atoms with Crippen molar-refractivity contribution in [1.29, 1.82) is 0 Å². The van der Waals surface area contributed by atoms with Gasteiger partial charge in [-0.05, 0) is 17.7 Å². The van der Waals surface area contributed by atoms with Crippen molar-refractivity contribution >= 4 is 46.7 Å². The maximum absolute atomic E-state index is 12.1. The van der Waals surface area contributed by atoms with Crippen LogP contribution in [0.1, 0.15) is 36.0 Å². The molecule has 5 nitrogen and oxygen atoms in total. The van der Waals surface area contributed by atoms with Gasteiger partial charge in [-0.3, -0.25) is 4.79 Å². The molecule has 1 fully saturated rings. The number of thioether (sulfide) groups is 2. The van der Waals surface area contributed by atoms with Gasteiger partial charge in [0.15, 0.2) is 5.69 Å². The van der Waals surface area contributed by atoms with E-state index in [4.69, 9.17) is 5.11 Å². The third-order valence-electron chi connectivity index (χ3n) is 3.46. The Labute approximate surface area is 152 Å². The zero-order valence-corrected chi connectivity index (χ0v) is 15.2. The van der Waals surface area contributed by atoms with Crippen molar-refractivity contribution in [3.63, 3.8) is 0 Å². The summed E-state index contributed by atoms with van der Waals surface area (Å²) in [6.45, 7) is 0.432. The second kappa shape index (κ2) is 8.04. The minimum absolute atomic E-state index is 0.0552. The standard InChI is InChI=1S/C16H16N2O3S3/c19-14(17-6-5-13-18-12(9-24-13)15(20)21)10-1-3-11(4-2-10)16-22-7-8-23-16/h1-4,9,16H,5-8H2,(H,17,19)(H,20,21). The molecule has 1 aromatic heterocycles.